The highest BCUT2D eigenvalue weighted by atomic mass is 16.1. The van der Waals surface area contributed by atoms with Crippen LogP contribution in [0.1, 0.15) is 48.5 Å². The number of fused-ring (bicyclic) bond motifs is 1. The number of nitrogens with zero attached hydrogens (tertiary/aromatic N) is 2. The zero-order valence-electron chi connectivity index (χ0n) is 14.0. The summed E-state index contributed by atoms with van der Waals surface area (Å²) in [6, 6.07) is 11.1. The summed E-state index contributed by atoms with van der Waals surface area (Å²) in [6.45, 7) is 2.21. The maximum atomic E-state index is 12.5. The molecule has 1 fully saturated rings. The molecule has 1 amide bonds. The number of pyridine rings is 1. The topological polar surface area (TPSA) is 45.2 Å². The smallest absolute Gasteiger partial charge is 0.253 e. The Morgan fingerprint density at radius 2 is 2.00 bits per heavy atom. The summed E-state index contributed by atoms with van der Waals surface area (Å²) in [5.41, 5.74) is 4.22. The molecule has 1 aliphatic heterocycles. The molecular formula is C20H23N3O. The molecular weight excluding hydrogens is 298 g/mol. The summed E-state index contributed by atoms with van der Waals surface area (Å²) in [5, 5.41) is 3.15. The Morgan fingerprint density at radius 1 is 1.21 bits per heavy atom. The molecule has 4 nitrogen and oxygen atoms in total. The molecule has 1 aliphatic carbocycles. The average molecular weight is 321 g/mol. The van der Waals surface area contributed by atoms with E-state index in [4.69, 9.17) is 0 Å². The van der Waals surface area contributed by atoms with Gasteiger partial charge in [-0.1, -0.05) is 31.0 Å². The van der Waals surface area contributed by atoms with Gasteiger partial charge >= 0.3 is 0 Å². The quantitative estimate of drug-likeness (QED) is 0.934. The second-order valence-electron chi connectivity index (χ2n) is 6.94. The Morgan fingerprint density at radius 3 is 2.83 bits per heavy atom. The molecule has 1 saturated carbocycles. The van der Waals surface area contributed by atoms with Crippen LogP contribution in [0.2, 0.25) is 0 Å². The second-order valence-corrected chi connectivity index (χ2v) is 6.94. The number of hydrogen-bond donors (Lipinski definition) is 1. The van der Waals surface area contributed by atoms with Crippen LogP contribution in [0.15, 0.2) is 42.7 Å². The SMILES string of the molecule is CC1Cc2ccccc2N1c1cncc(C(=O)NC2CCCC2)c1. The first-order chi connectivity index (χ1) is 11.7. The fraction of sp³-hybridized carbons (Fsp3) is 0.400. The molecule has 1 unspecified atom stereocenters. The van der Waals surface area contributed by atoms with Crippen LogP contribution in [0.3, 0.4) is 0 Å². The average Bonchev–Trinajstić information content (AvgIpc) is 3.21. The molecule has 1 atom stereocenters. The Balaban J connectivity index is 1.59. The minimum absolute atomic E-state index is 0.00335. The highest BCUT2D eigenvalue weighted by molar-refractivity contribution is 5.95. The number of anilines is 2. The zero-order valence-corrected chi connectivity index (χ0v) is 14.0. The molecule has 1 N–H and O–H groups in total. The summed E-state index contributed by atoms with van der Waals surface area (Å²) in [7, 11) is 0. The van der Waals surface area contributed by atoms with Gasteiger partial charge in [-0.25, -0.2) is 0 Å². The maximum absolute atomic E-state index is 12.5. The van der Waals surface area contributed by atoms with E-state index >= 15 is 0 Å². The minimum Gasteiger partial charge on any atom is -0.349 e. The van der Waals surface area contributed by atoms with Crippen molar-refractivity contribution in [1.29, 1.82) is 0 Å². The monoisotopic (exact) mass is 321 g/mol. The summed E-state index contributed by atoms with van der Waals surface area (Å²) in [5.74, 6) is -0.00335. The van der Waals surface area contributed by atoms with E-state index in [2.05, 4.69) is 46.4 Å². The standard InChI is InChI=1S/C20H23N3O/c1-14-10-15-6-2-5-9-19(15)23(14)18-11-16(12-21-13-18)20(24)22-17-7-3-4-8-17/h2,5-6,9,11-14,17H,3-4,7-8,10H2,1H3,(H,22,24). The molecule has 0 radical (unpaired) electrons. The van der Waals surface area contributed by atoms with Gasteiger partial charge in [0, 0.05) is 24.0 Å². The van der Waals surface area contributed by atoms with Gasteiger partial charge in [-0.15, -0.1) is 0 Å². The number of carbonyl (C=O) groups is 1. The Kier molecular flexibility index (Phi) is 3.97. The van der Waals surface area contributed by atoms with Gasteiger partial charge in [0.2, 0.25) is 0 Å². The van der Waals surface area contributed by atoms with E-state index in [1.54, 1.807) is 6.20 Å². The van der Waals surface area contributed by atoms with Crippen molar-refractivity contribution in [3.63, 3.8) is 0 Å². The van der Waals surface area contributed by atoms with Crippen molar-refractivity contribution >= 4 is 17.3 Å². The van der Waals surface area contributed by atoms with Gasteiger partial charge in [0.1, 0.15) is 0 Å². The van der Waals surface area contributed by atoms with Gasteiger partial charge < -0.3 is 10.2 Å². The largest absolute Gasteiger partial charge is 0.349 e. The lowest BCUT2D eigenvalue weighted by molar-refractivity contribution is 0.0937. The van der Waals surface area contributed by atoms with Crippen molar-refractivity contribution in [2.75, 3.05) is 4.90 Å². The number of nitrogens with one attached hydrogen (secondary N) is 1. The van der Waals surface area contributed by atoms with Crippen LogP contribution >= 0.6 is 0 Å². The number of para-hydroxylation sites is 1. The van der Waals surface area contributed by atoms with Crippen molar-refractivity contribution in [2.45, 2.75) is 51.1 Å². The Hall–Kier alpha value is -2.36. The molecule has 4 rings (SSSR count). The zero-order chi connectivity index (χ0) is 16.5. The third kappa shape index (κ3) is 2.77. The lowest BCUT2D eigenvalue weighted by Gasteiger charge is -2.25. The van der Waals surface area contributed by atoms with Crippen molar-refractivity contribution in [3.8, 4) is 0 Å². The number of hydrogen-bond acceptors (Lipinski definition) is 3. The lowest BCUT2D eigenvalue weighted by atomic mass is 10.1. The molecule has 1 aromatic heterocycles. The highest BCUT2D eigenvalue weighted by Gasteiger charge is 2.27. The number of rotatable bonds is 3. The van der Waals surface area contributed by atoms with E-state index in [0.717, 1.165) is 24.9 Å². The first kappa shape index (κ1) is 15.2. The number of benzene rings is 1. The summed E-state index contributed by atoms with van der Waals surface area (Å²) in [6.07, 6.45) is 9.15. The predicted octanol–water partition coefficient (Wildman–Crippen LogP) is 3.84. The van der Waals surface area contributed by atoms with Gasteiger partial charge in [0.25, 0.3) is 5.91 Å². The van der Waals surface area contributed by atoms with Crippen LogP contribution in [0.4, 0.5) is 11.4 Å². The maximum Gasteiger partial charge on any atom is 0.253 e. The van der Waals surface area contributed by atoms with E-state index < -0.39 is 0 Å². The third-order valence-electron chi connectivity index (χ3n) is 5.16. The molecule has 2 aromatic rings. The highest BCUT2D eigenvalue weighted by Crippen LogP contribution is 2.37. The van der Waals surface area contributed by atoms with Gasteiger partial charge in [-0.3, -0.25) is 9.78 Å². The summed E-state index contributed by atoms with van der Waals surface area (Å²) >= 11 is 0. The fourth-order valence-corrected chi connectivity index (χ4v) is 3.98. The van der Waals surface area contributed by atoms with Crippen molar-refractivity contribution in [3.05, 3.63) is 53.9 Å². The first-order valence-electron chi connectivity index (χ1n) is 8.85. The molecule has 2 aliphatic rings. The molecule has 1 aromatic carbocycles. The van der Waals surface area contributed by atoms with Crippen molar-refractivity contribution in [2.24, 2.45) is 0 Å². The molecule has 24 heavy (non-hydrogen) atoms. The van der Waals surface area contributed by atoms with Crippen LogP contribution in [0.5, 0.6) is 0 Å². The summed E-state index contributed by atoms with van der Waals surface area (Å²) in [4.78, 5) is 19.1. The number of aromatic nitrogens is 1. The molecule has 124 valence electrons. The summed E-state index contributed by atoms with van der Waals surface area (Å²) < 4.78 is 0. The van der Waals surface area contributed by atoms with Crippen LogP contribution in [0, 0.1) is 0 Å². The fourth-order valence-electron chi connectivity index (χ4n) is 3.98. The van der Waals surface area contributed by atoms with Gasteiger partial charge in [0.15, 0.2) is 0 Å². The van der Waals surface area contributed by atoms with Crippen molar-refractivity contribution < 1.29 is 4.79 Å². The van der Waals surface area contributed by atoms with Crippen LogP contribution in [0.25, 0.3) is 0 Å². The number of carbonyl (C=O) groups excluding carboxylic acids is 1. The van der Waals surface area contributed by atoms with E-state index in [9.17, 15) is 4.79 Å². The molecule has 0 bridgehead atoms. The van der Waals surface area contributed by atoms with Crippen LogP contribution < -0.4 is 10.2 Å². The van der Waals surface area contributed by atoms with Gasteiger partial charge in [-0.2, -0.15) is 0 Å². The predicted molar refractivity (Wildman–Crippen MR) is 95.7 cm³/mol. The normalized spacial score (nSPS) is 20.2. The van der Waals surface area contributed by atoms with E-state index in [1.807, 2.05) is 12.3 Å². The van der Waals surface area contributed by atoms with E-state index in [1.165, 1.54) is 24.1 Å². The van der Waals surface area contributed by atoms with Crippen molar-refractivity contribution in [1.82, 2.24) is 10.3 Å². The Bertz CT molecular complexity index is 752. The lowest BCUT2D eigenvalue weighted by Crippen LogP contribution is -2.33. The van der Waals surface area contributed by atoms with Crippen LogP contribution in [-0.2, 0) is 6.42 Å². The van der Waals surface area contributed by atoms with E-state index in [0.29, 0.717) is 17.6 Å². The minimum atomic E-state index is -0.00335. The third-order valence-corrected chi connectivity index (χ3v) is 5.16. The van der Waals surface area contributed by atoms with Gasteiger partial charge in [0.05, 0.1) is 17.4 Å². The van der Waals surface area contributed by atoms with E-state index in [-0.39, 0.29) is 5.91 Å². The molecule has 2 heterocycles. The van der Waals surface area contributed by atoms with Gasteiger partial charge in [-0.05, 0) is 43.9 Å². The Labute approximate surface area is 142 Å². The number of amides is 1. The van der Waals surface area contributed by atoms with Crippen LogP contribution in [-0.4, -0.2) is 23.0 Å². The molecule has 0 saturated heterocycles. The second kappa shape index (κ2) is 6.27. The molecule has 4 heteroatoms. The first-order valence-corrected chi connectivity index (χ1v) is 8.85. The molecule has 0 spiro atoms.